The molecule has 214 valence electrons. The highest BCUT2D eigenvalue weighted by Crippen LogP contribution is 2.43. The minimum atomic E-state index is -0.954. The van der Waals surface area contributed by atoms with Gasteiger partial charge in [-0.15, -0.1) is 0 Å². The molecule has 0 bridgehead atoms. The van der Waals surface area contributed by atoms with E-state index in [9.17, 15) is 19.6 Å². The predicted octanol–water partition coefficient (Wildman–Crippen LogP) is 5.48. The van der Waals surface area contributed by atoms with Crippen molar-refractivity contribution in [1.29, 1.82) is 5.26 Å². The number of rotatable bonds is 7. The van der Waals surface area contributed by atoms with Crippen LogP contribution >= 0.6 is 15.9 Å². The maximum absolute atomic E-state index is 15.1. The summed E-state index contributed by atoms with van der Waals surface area (Å²) in [5, 5.41) is 18.6. The van der Waals surface area contributed by atoms with Crippen LogP contribution < -0.4 is 15.6 Å². The molecule has 41 heavy (non-hydrogen) atoms. The van der Waals surface area contributed by atoms with E-state index < -0.39 is 28.7 Å². The number of likely N-dealkylation sites (tertiary alicyclic amines) is 1. The highest BCUT2D eigenvalue weighted by molar-refractivity contribution is 9.10. The molecule has 2 amide bonds. The highest BCUT2D eigenvalue weighted by atomic mass is 79.9. The van der Waals surface area contributed by atoms with Crippen molar-refractivity contribution in [1.82, 2.24) is 20.4 Å². The third-order valence-electron chi connectivity index (χ3n) is 7.31. The summed E-state index contributed by atoms with van der Waals surface area (Å²) >= 11 is 3.49. The zero-order valence-electron chi connectivity index (χ0n) is 23.4. The molecule has 1 fully saturated rings. The lowest BCUT2D eigenvalue weighted by Gasteiger charge is -2.38. The number of H-pyrrole nitrogens is 1. The van der Waals surface area contributed by atoms with Crippen molar-refractivity contribution in [2.75, 3.05) is 0 Å². The Labute approximate surface area is 245 Å². The minimum Gasteiger partial charge on any atom is -0.448 e. The van der Waals surface area contributed by atoms with Crippen molar-refractivity contribution < 1.29 is 18.7 Å². The van der Waals surface area contributed by atoms with Gasteiger partial charge in [0.05, 0.1) is 29.3 Å². The first-order chi connectivity index (χ1) is 19.3. The van der Waals surface area contributed by atoms with Crippen molar-refractivity contribution >= 4 is 27.7 Å². The second kappa shape index (κ2) is 11.8. The van der Waals surface area contributed by atoms with Gasteiger partial charge in [0.2, 0.25) is 5.91 Å². The van der Waals surface area contributed by atoms with E-state index in [1.807, 2.05) is 24.3 Å². The summed E-state index contributed by atoms with van der Waals surface area (Å²) in [6.07, 6.45) is 1.31. The lowest BCUT2D eigenvalue weighted by molar-refractivity contribution is -0.137. The van der Waals surface area contributed by atoms with Crippen molar-refractivity contribution in [3.8, 4) is 17.6 Å². The summed E-state index contributed by atoms with van der Waals surface area (Å²) in [5.41, 5.74) is 0.251. The predicted molar refractivity (Wildman–Crippen MR) is 154 cm³/mol. The van der Waals surface area contributed by atoms with E-state index in [1.54, 1.807) is 39.5 Å². The Hall–Kier alpha value is -4.04. The summed E-state index contributed by atoms with van der Waals surface area (Å²) in [7, 11) is 0. The number of ether oxygens (including phenoxy) is 1. The quantitative estimate of drug-likeness (QED) is 0.358. The fraction of sp³-hybridized carbons (Fsp3) is 0.367. The minimum absolute atomic E-state index is 0.00863. The van der Waals surface area contributed by atoms with E-state index >= 15 is 4.39 Å². The third kappa shape index (κ3) is 6.33. The molecule has 9 nitrogen and oxygen atoms in total. The molecule has 0 spiro atoms. The molecule has 0 aliphatic carbocycles. The largest absolute Gasteiger partial charge is 0.448 e. The number of carbonyl (C=O) groups excluding carboxylic acids is 2. The molecule has 11 heteroatoms. The number of hydrogen-bond acceptors (Lipinski definition) is 6. The molecule has 2 N–H and O–H groups in total. The van der Waals surface area contributed by atoms with Gasteiger partial charge in [-0.25, -0.2) is 9.49 Å². The van der Waals surface area contributed by atoms with Crippen LogP contribution in [-0.2, 0) is 4.79 Å². The molecule has 4 rings (SSSR count). The molecule has 1 aliphatic heterocycles. The summed E-state index contributed by atoms with van der Waals surface area (Å²) < 4.78 is 21.5. The van der Waals surface area contributed by atoms with Crippen molar-refractivity contribution in [2.24, 2.45) is 5.41 Å². The van der Waals surface area contributed by atoms with Crippen molar-refractivity contribution in [3.05, 3.63) is 85.5 Å². The van der Waals surface area contributed by atoms with Gasteiger partial charge >= 0.3 is 5.56 Å². The van der Waals surface area contributed by atoms with E-state index in [4.69, 9.17) is 4.74 Å². The summed E-state index contributed by atoms with van der Waals surface area (Å²) in [4.78, 5) is 40.8. The highest BCUT2D eigenvalue weighted by Gasteiger charge is 2.46. The molecular formula is C30H31BrFN5O4. The molecule has 0 radical (unpaired) electrons. The van der Waals surface area contributed by atoms with Crippen LogP contribution in [0.2, 0.25) is 0 Å². The smallest absolute Gasteiger partial charge is 0.307 e. The molecule has 3 aromatic rings. The number of hydrogen-bond donors (Lipinski definition) is 2. The Bertz CT molecular complexity index is 1580. The van der Waals surface area contributed by atoms with Crippen LogP contribution in [-0.4, -0.2) is 39.0 Å². The number of aromatic nitrogens is 2. The fourth-order valence-electron chi connectivity index (χ4n) is 5.17. The van der Waals surface area contributed by atoms with Crippen LogP contribution in [0.4, 0.5) is 4.39 Å². The van der Waals surface area contributed by atoms with E-state index in [-0.39, 0.29) is 40.6 Å². The Kier molecular flexibility index (Phi) is 8.63. The first-order valence-electron chi connectivity index (χ1n) is 13.2. The third-order valence-corrected chi connectivity index (χ3v) is 7.81. The topological polar surface area (TPSA) is 128 Å². The van der Waals surface area contributed by atoms with Gasteiger partial charge in [0.15, 0.2) is 17.3 Å². The van der Waals surface area contributed by atoms with Gasteiger partial charge in [-0.2, -0.15) is 10.4 Å². The Balaban J connectivity index is 1.56. The number of aryl methyl sites for hydroxylation is 2. The number of nitrogens with zero attached hydrogens (tertiary/aromatic N) is 3. The van der Waals surface area contributed by atoms with Gasteiger partial charge in [-0.3, -0.25) is 14.4 Å². The maximum atomic E-state index is 15.1. The molecular weight excluding hydrogens is 593 g/mol. The molecule has 1 unspecified atom stereocenters. The van der Waals surface area contributed by atoms with Gasteiger partial charge in [0.25, 0.3) is 5.91 Å². The van der Waals surface area contributed by atoms with Gasteiger partial charge in [0, 0.05) is 16.1 Å². The van der Waals surface area contributed by atoms with Crippen molar-refractivity contribution in [3.63, 3.8) is 0 Å². The number of aromatic amines is 1. The normalized spacial score (nSPS) is 17.6. The van der Waals surface area contributed by atoms with E-state index in [1.165, 1.54) is 12.1 Å². The molecule has 1 saturated heterocycles. The zero-order chi connectivity index (χ0) is 30.1. The SMILES string of the molecule is Cc1cc(Oc2c(C)cc(C(=O)N[C@H](C)C(=O)N3C(C(C)(C)C#N)CC[C@H]3c3cccc(Br)c3)cc2F)c(=O)[nH]n1. The molecule has 3 atom stereocenters. The fourth-order valence-corrected chi connectivity index (χ4v) is 5.58. The zero-order valence-corrected chi connectivity index (χ0v) is 25.0. The van der Waals surface area contributed by atoms with Crippen LogP contribution in [0.25, 0.3) is 0 Å². The van der Waals surface area contributed by atoms with E-state index in [0.717, 1.165) is 16.1 Å². The maximum Gasteiger partial charge on any atom is 0.307 e. The number of halogens is 2. The Morgan fingerprint density at radius 2 is 1.98 bits per heavy atom. The molecule has 1 aromatic heterocycles. The Morgan fingerprint density at radius 3 is 2.63 bits per heavy atom. The number of nitrogens with one attached hydrogen (secondary N) is 2. The van der Waals surface area contributed by atoms with E-state index in [2.05, 4.69) is 37.5 Å². The second-order valence-corrected chi connectivity index (χ2v) is 11.8. The van der Waals surface area contributed by atoms with Crippen LogP contribution in [0.5, 0.6) is 11.5 Å². The summed E-state index contributed by atoms with van der Waals surface area (Å²) in [6, 6.07) is 12.2. The van der Waals surface area contributed by atoms with Crippen LogP contribution in [0.1, 0.15) is 66.8 Å². The average molecular weight is 625 g/mol. The summed E-state index contributed by atoms with van der Waals surface area (Å²) in [5.74, 6) is -2.15. The van der Waals surface area contributed by atoms with Crippen LogP contribution in [0, 0.1) is 36.4 Å². The van der Waals surface area contributed by atoms with Gasteiger partial charge in [-0.05, 0) is 82.9 Å². The van der Waals surface area contributed by atoms with Crippen LogP contribution in [0.15, 0.2) is 51.7 Å². The molecule has 2 aromatic carbocycles. The lowest BCUT2D eigenvalue weighted by Crippen LogP contribution is -2.52. The van der Waals surface area contributed by atoms with E-state index in [0.29, 0.717) is 18.5 Å². The molecule has 1 aliphatic rings. The van der Waals surface area contributed by atoms with Crippen LogP contribution in [0.3, 0.4) is 0 Å². The molecule has 2 heterocycles. The number of carbonyl (C=O) groups is 2. The van der Waals surface area contributed by atoms with Crippen molar-refractivity contribution in [2.45, 2.75) is 65.6 Å². The average Bonchev–Trinajstić information content (AvgIpc) is 3.38. The monoisotopic (exact) mass is 623 g/mol. The second-order valence-electron chi connectivity index (χ2n) is 10.8. The molecule has 0 saturated carbocycles. The van der Waals surface area contributed by atoms with Gasteiger partial charge < -0.3 is 15.0 Å². The first kappa shape index (κ1) is 29.9. The lowest BCUT2D eigenvalue weighted by atomic mass is 9.84. The van der Waals surface area contributed by atoms with Gasteiger partial charge in [0.1, 0.15) is 6.04 Å². The Morgan fingerprint density at radius 1 is 1.24 bits per heavy atom. The van der Waals surface area contributed by atoms with Gasteiger partial charge in [-0.1, -0.05) is 28.1 Å². The number of amides is 2. The standard InChI is InChI=1S/C30H31BrFN5O4/c1-16-11-20(14-22(32)26(16)41-24-12-17(2)35-36-28(24)39)27(38)34-18(3)29(40)37-23(19-7-6-8-21(31)13-19)9-10-25(37)30(4,5)15-33/h6-8,11-14,18,23,25H,9-10H2,1-5H3,(H,34,38)(H,36,39)/t18-,23+,25?/m1/s1. The summed E-state index contributed by atoms with van der Waals surface area (Å²) in [6.45, 7) is 8.38. The number of nitriles is 1. The number of benzene rings is 2. The first-order valence-corrected chi connectivity index (χ1v) is 14.0.